The molecule has 0 aliphatic heterocycles. The van der Waals surface area contributed by atoms with Gasteiger partial charge in [0.05, 0.1) is 12.5 Å². The van der Waals surface area contributed by atoms with E-state index >= 15 is 0 Å². The van der Waals surface area contributed by atoms with Crippen LogP contribution in [0, 0.1) is 23.7 Å². The number of alkyl halides is 3. The van der Waals surface area contributed by atoms with Crippen LogP contribution >= 0.6 is 0 Å². The smallest absolute Gasteiger partial charge is 0.206 e. The largest absolute Gasteiger partial charge is 0.422 e. The molecule has 0 rings (SSSR count). The molecule has 6 heteroatoms. The maximum atomic E-state index is 13.2. The maximum Gasteiger partial charge on any atom is 0.422 e. The minimum atomic E-state index is -5.24. The lowest BCUT2D eigenvalue weighted by Crippen LogP contribution is -2.15. The summed E-state index contributed by atoms with van der Waals surface area (Å²) in [7, 11) is 0. The van der Waals surface area contributed by atoms with Gasteiger partial charge in [0, 0.05) is 0 Å². The third-order valence-corrected chi connectivity index (χ3v) is 1.57. The van der Waals surface area contributed by atoms with Crippen molar-refractivity contribution in [1.29, 1.82) is 5.26 Å². The summed E-state index contributed by atoms with van der Waals surface area (Å²) in [4.78, 5) is 0. The van der Waals surface area contributed by atoms with E-state index in [-0.39, 0.29) is 0 Å². The molecule has 16 heavy (non-hydrogen) atoms. The topological polar surface area (TPSA) is 23.8 Å². The van der Waals surface area contributed by atoms with Crippen molar-refractivity contribution >= 4 is 0 Å². The van der Waals surface area contributed by atoms with Gasteiger partial charge in [0.2, 0.25) is 0 Å². The number of rotatable bonds is 2. The highest BCUT2D eigenvalue weighted by molar-refractivity contribution is 5.41. The third kappa shape index (κ3) is 3.39. The first-order chi connectivity index (χ1) is 7.25. The Morgan fingerprint density at radius 3 is 2.12 bits per heavy atom. The zero-order chi connectivity index (χ0) is 12.9. The first-order valence-corrected chi connectivity index (χ1v) is 3.91. The molecule has 0 aromatic rings. The maximum absolute atomic E-state index is 13.2. The average Bonchev–Trinajstić information content (AvgIpc) is 2.15. The van der Waals surface area contributed by atoms with Gasteiger partial charge in [-0.2, -0.15) is 22.8 Å². The highest BCUT2D eigenvalue weighted by Crippen LogP contribution is 2.36. The summed E-state index contributed by atoms with van der Waals surface area (Å²) in [6.45, 7) is 0.952. The highest BCUT2D eigenvalue weighted by atomic mass is 19.4. The molecule has 0 amide bonds. The molecule has 86 valence electrons. The summed E-state index contributed by atoms with van der Waals surface area (Å²) in [5.41, 5.74) is -2.68. The van der Waals surface area contributed by atoms with Crippen molar-refractivity contribution in [3.63, 3.8) is 0 Å². The Kier molecular flexibility index (Phi) is 4.71. The van der Waals surface area contributed by atoms with Crippen LogP contribution in [0.15, 0.2) is 22.8 Å². The number of nitriles is 1. The normalized spacial score (nSPS) is 14.5. The minimum absolute atomic E-state index is 0.528. The van der Waals surface area contributed by atoms with Crippen LogP contribution in [-0.2, 0) is 0 Å². The Morgan fingerprint density at radius 1 is 1.31 bits per heavy atom. The second-order valence-electron chi connectivity index (χ2n) is 2.76. The van der Waals surface area contributed by atoms with Gasteiger partial charge in [-0.05, 0) is 18.4 Å². The van der Waals surface area contributed by atoms with Crippen LogP contribution < -0.4 is 0 Å². The van der Waals surface area contributed by atoms with Gasteiger partial charge in [0.25, 0.3) is 0 Å². The summed E-state index contributed by atoms with van der Waals surface area (Å²) >= 11 is 0. The standard InChI is InChI=1S/C10H6F5N/c1-3-7(11)8(10(13,14)15)9(12)6(2)4-5-16/h1H,4H2,2H3/b8-7-,9-6-. The first kappa shape index (κ1) is 14.2. The number of hydrogen-bond donors (Lipinski definition) is 0. The van der Waals surface area contributed by atoms with Crippen LogP contribution in [0.2, 0.25) is 0 Å². The van der Waals surface area contributed by atoms with E-state index in [1.54, 1.807) is 0 Å². The lowest BCUT2D eigenvalue weighted by Gasteiger charge is -2.10. The van der Waals surface area contributed by atoms with E-state index in [0.29, 0.717) is 0 Å². The minimum Gasteiger partial charge on any atom is -0.206 e. The van der Waals surface area contributed by atoms with Gasteiger partial charge in [-0.3, -0.25) is 0 Å². The molecule has 0 heterocycles. The molecule has 0 bridgehead atoms. The van der Waals surface area contributed by atoms with Crippen LogP contribution in [0.5, 0.6) is 0 Å². The van der Waals surface area contributed by atoms with Gasteiger partial charge in [0.15, 0.2) is 5.83 Å². The van der Waals surface area contributed by atoms with Crippen molar-refractivity contribution in [2.24, 2.45) is 0 Å². The predicted octanol–water partition coefficient (Wildman–Crippen LogP) is 3.56. The van der Waals surface area contributed by atoms with Crippen LogP contribution in [0.25, 0.3) is 0 Å². The van der Waals surface area contributed by atoms with Crippen molar-refractivity contribution in [2.75, 3.05) is 0 Å². The van der Waals surface area contributed by atoms with Crippen molar-refractivity contribution in [3.05, 3.63) is 22.8 Å². The number of terminal acetylenes is 1. The van der Waals surface area contributed by atoms with Gasteiger partial charge < -0.3 is 0 Å². The number of nitrogens with zero attached hydrogens (tertiary/aromatic N) is 1. The summed E-state index contributed by atoms with van der Waals surface area (Å²) in [5.74, 6) is -2.80. The van der Waals surface area contributed by atoms with Crippen LogP contribution in [0.4, 0.5) is 22.0 Å². The molecule has 0 unspecified atom stereocenters. The molecule has 0 aromatic heterocycles. The number of hydrogen-bond acceptors (Lipinski definition) is 1. The number of halogens is 5. The quantitative estimate of drug-likeness (QED) is 0.408. The molecule has 1 nitrogen and oxygen atoms in total. The van der Waals surface area contributed by atoms with E-state index in [1.165, 1.54) is 6.07 Å². The lowest BCUT2D eigenvalue weighted by atomic mass is 10.1. The highest BCUT2D eigenvalue weighted by Gasteiger charge is 2.40. The van der Waals surface area contributed by atoms with E-state index in [9.17, 15) is 22.0 Å². The zero-order valence-corrected chi connectivity index (χ0v) is 8.12. The van der Waals surface area contributed by atoms with Gasteiger partial charge in [-0.25, -0.2) is 4.39 Å². The summed E-state index contributed by atoms with van der Waals surface area (Å²) in [6.07, 6.45) is -1.37. The second-order valence-corrected chi connectivity index (χ2v) is 2.76. The van der Waals surface area contributed by atoms with E-state index in [4.69, 9.17) is 5.26 Å². The summed E-state index contributed by atoms with van der Waals surface area (Å²) in [6, 6.07) is 1.45. The molecule has 0 atom stereocenters. The van der Waals surface area contributed by atoms with E-state index in [0.717, 1.165) is 12.8 Å². The summed E-state index contributed by atoms with van der Waals surface area (Å²) < 4.78 is 62.7. The van der Waals surface area contributed by atoms with Gasteiger partial charge in [0.1, 0.15) is 11.4 Å². The molecule has 0 N–H and O–H groups in total. The van der Waals surface area contributed by atoms with Crippen molar-refractivity contribution in [2.45, 2.75) is 19.5 Å². The molecule has 0 aromatic carbocycles. The van der Waals surface area contributed by atoms with E-state index < -0.39 is 35.4 Å². The van der Waals surface area contributed by atoms with Gasteiger partial charge >= 0.3 is 6.18 Å². The molecule has 0 saturated heterocycles. The molecule has 0 spiro atoms. The molecular formula is C10H6F5N. The fraction of sp³-hybridized carbons (Fsp3) is 0.300. The van der Waals surface area contributed by atoms with Crippen molar-refractivity contribution in [1.82, 2.24) is 0 Å². The molecule has 0 aliphatic rings. The fourth-order valence-electron chi connectivity index (χ4n) is 0.827. The lowest BCUT2D eigenvalue weighted by molar-refractivity contribution is -0.0927. The Labute approximate surface area is 88.9 Å². The van der Waals surface area contributed by atoms with Crippen LogP contribution in [-0.4, -0.2) is 6.18 Å². The molecule has 0 fully saturated rings. The van der Waals surface area contributed by atoms with Gasteiger partial charge in [-0.15, -0.1) is 6.42 Å². The SMILES string of the molecule is C#C/C(F)=C(\C(F)=C(/C)CC#N)C(F)(F)F. The first-order valence-electron chi connectivity index (χ1n) is 3.91. The second kappa shape index (κ2) is 5.32. The third-order valence-electron chi connectivity index (χ3n) is 1.57. The molecule has 0 radical (unpaired) electrons. The number of allylic oxidation sites excluding steroid dienone is 4. The Balaban J connectivity index is 5.72. The molecular weight excluding hydrogens is 229 g/mol. The fourth-order valence-corrected chi connectivity index (χ4v) is 0.827. The van der Waals surface area contributed by atoms with Crippen LogP contribution in [0.1, 0.15) is 13.3 Å². The van der Waals surface area contributed by atoms with E-state index in [1.807, 2.05) is 0 Å². The molecule has 0 saturated carbocycles. The predicted molar refractivity (Wildman–Crippen MR) is 47.1 cm³/mol. The van der Waals surface area contributed by atoms with Crippen molar-refractivity contribution < 1.29 is 22.0 Å². The molecule has 0 aliphatic carbocycles. The summed E-state index contributed by atoms with van der Waals surface area (Å²) in [5, 5.41) is 8.18. The van der Waals surface area contributed by atoms with Gasteiger partial charge in [-0.1, -0.05) is 0 Å². The monoisotopic (exact) mass is 235 g/mol. The average molecular weight is 235 g/mol. The zero-order valence-electron chi connectivity index (χ0n) is 8.12. The van der Waals surface area contributed by atoms with E-state index in [2.05, 4.69) is 6.42 Å². The Hall–Kier alpha value is -1.82. The van der Waals surface area contributed by atoms with Crippen LogP contribution in [0.3, 0.4) is 0 Å². The Morgan fingerprint density at radius 2 is 1.81 bits per heavy atom. The van der Waals surface area contributed by atoms with Crippen molar-refractivity contribution in [3.8, 4) is 18.4 Å². The Bertz CT molecular complexity index is 414.